The van der Waals surface area contributed by atoms with Gasteiger partial charge in [0, 0.05) is 50.3 Å². The molecule has 1 saturated heterocycles. The zero-order valence-corrected chi connectivity index (χ0v) is 17.1. The summed E-state index contributed by atoms with van der Waals surface area (Å²) in [6, 6.07) is 10.3. The fourth-order valence-corrected chi connectivity index (χ4v) is 3.66. The summed E-state index contributed by atoms with van der Waals surface area (Å²) in [4.78, 5) is 29.1. The van der Waals surface area contributed by atoms with E-state index in [2.05, 4.69) is 20.1 Å². The number of piperazine rings is 1. The van der Waals surface area contributed by atoms with Crippen molar-refractivity contribution in [2.45, 2.75) is 6.54 Å². The smallest absolute Gasteiger partial charge is 0.258 e. The second-order valence-corrected chi connectivity index (χ2v) is 7.41. The minimum absolute atomic E-state index is 0.0206. The number of carbonyl (C=O) groups is 1. The van der Waals surface area contributed by atoms with Crippen molar-refractivity contribution >= 4 is 11.6 Å². The molecule has 0 unspecified atom stereocenters. The second kappa shape index (κ2) is 8.58. The van der Waals surface area contributed by atoms with Gasteiger partial charge in [-0.15, -0.1) is 0 Å². The van der Waals surface area contributed by atoms with Gasteiger partial charge in [0.25, 0.3) is 5.89 Å². The van der Waals surface area contributed by atoms with Gasteiger partial charge in [-0.05, 0) is 24.3 Å². The maximum atomic E-state index is 14.0. The first kappa shape index (κ1) is 19.9. The summed E-state index contributed by atoms with van der Waals surface area (Å²) in [5.74, 6) is 0.460. The third kappa shape index (κ3) is 4.07. The van der Waals surface area contributed by atoms with Crippen LogP contribution in [0.4, 0.5) is 10.1 Å². The van der Waals surface area contributed by atoms with Gasteiger partial charge in [0.2, 0.25) is 11.7 Å². The molecule has 1 amide bonds. The van der Waals surface area contributed by atoms with E-state index in [0.29, 0.717) is 49.3 Å². The Morgan fingerprint density at radius 2 is 1.84 bits per heavy atom. The molecule has 0 bridgehead atoms. The number of nitrogens with zero attached hydrogens (tertiary/aromatic N) is 7. The molecule has 9 nitrogen and oxygen atoms in total. The highest BCUT2D eigenvalue weighted by molar-refractivity contribution is 5.76. The zero-order chi connectivity index (χ0) is 21.9. The van der Waals surface area contributed by atoms with E-state index >= 15 is 0 Å². The number of halogens is 1. The van der Waals surface area contributed by atoms with Gasteiger partial charge in [0.15, 0.2) is 0 Å². The molecule has 0 saturated carbocycles. The van der Waals surface area contributed by atoms with Crippen LogP contribution in [-0.4, -0.2) is 61.7 Å². The summed E-state index contributed by atoms with van der Waals surface area (Å²) < 4.78 is 21.0. The molecule has 10 heteroatoms. The molecular weight excluding hydrogens is 413 g/mol. The first-order valence-corrected chi connectivity index (χ1v) is 10.2. The lowest BCUT2D eigenvalue weighted by molar-refractivity contribution is -0.132. The molecule has 4 aromatic rings. The Balaban J connectivity index is 1.20. The third-order valence-corrected chi connectivity index (χ3v) is 5.36. The van der Waals surface area contributed by atoms with Gasteiger partial charge in [0.05, 0.1) is 12.0 Å². The minimum atomic E-state index is -0.244. The Kier molecular flexibility index (Phi) is 5.32. The molecule has 4 heterocycles. The van der Waals surface area contributed by atoms with Crippen molar-refractivity contribution in [1.29, 1.82) is 0 Å². The van der Waals surface area contributed by atoms with Gasteiger partial charge < -0.3 is 18.9 Å². The average Bonchev–Trinajstić information content (AvgIpc) is 3.50. The number of amides is 1. The van der Waals surface area contributed by atoms with Gasteiger partial charge in [-0.2, -0.15) is 4.98 Å². The summed E-state index contributed by atoms with van der Waals surface area (Å²) in [6.45, 7) is 2.40. The second-order valence-electron chi connectivity index (χ2n) is 7.41. The summed E-state index contributed by atoms with van der Waals surface area (Å²) in [5.41, 5.74) is 1.86. The highest BCUT2D eigenvalue weighted by atomic mass is 19.1. The molecule has 162 valence electrons. The normalized spacial score (nSPS) is 14.0. The largest absolute Gasteiger partial charge is 0.366 e. The number of aromatic nitrogens is 5. The number of imidazole rings is 1. The molecule has 1 aliphatic rings. The van der Waals surface area contributed by atoms with Crippen molar-refractivity contribution in [3.05, 3.63) is 67.1 Å². The number of hydrogen-bond acceptors (Lipinski definition) is 7. The van der Waals surface area contributed by atoms with Crippen molar-refractivity contribution in [2.75, 3.05) is 31.1 Å². The molecule has 32 heavy (non-hydrogen) atoms. The van der Waals surface area contributed by atoms with Gasteiger partial charge in [-0.3, -0.25) is 9.78 Å². The SMILES string of the molecule is O=C(Cn1cnc(-c2noc(-c3ccncc3)n2)c1)N1CCN(c2ccccc2F)CC1. The van der Waals surface area contributed by atoms with E-state index in [1.54, 1.807) is 58.7 Å². The number of para-hydroxylation sites is 1. The predicted octanol–water partition coefficient (Wildman–Crippen LogP) is 2.48. The maximum Gasteiger partial charge on any atom is 0.258 e. The summed E-state index contributed by atoms with van der Waals surface area (Å²) in [7, 11) is 0. The lowest BCUT2D eigenvalue weighted by atomic mass is 10.2. The van der Waals surface area contributed by atoms with E-state index in [4.69, 9.17) is 4.52 Å². The quantitative estimate of drug-likeness (QED) is 0.477. The Labute approximate surface area is 183 Å². The highest BCUT2D eigenvalue weighted by Crippen LogP contribution is 2.22. The molecule has 3 aromatic heterocycles. The van der Waals surface area contributed by atoms with Crippen LogP contribution in [0.25, 0.3) is 23.0 Å². The van der Waals surface area contributed by atoms with E-state index in [1.165, 1.54) is 6.07 Å². The van der Waals surface area contributed by atoms with Gasteiger partial charge in [-0.1, -0.05) is 17.3 Å². The van der Waals surface area contributed by atoms with Crippen LogP contribution in [0.3, 0.4) is 0 Å². The molecule has 0 atom stereocenters. The van der Waals surface area contributed by atoms with Crippen molar-refractivity contribution in [3.8, 4) is 23.0 Å². The van der Waals surface area contributed by atoms with Crippen LogP contribution in [0.15, 0.2) is 65.8 Å². The van der Waals surface area contributed by atoms with Crippen molar-refractivity contribution in [3.63, 3.8) is 0 Å². The zero-order valence-electron chi connectivity index (χ0n) is 17.1. The molecule has 1 fully saturated rings. The first-order valence-electron chi connectivity index (χ1n) is 10.2. The maximum absolute atomic E-state index is 14.0. The number of benzene rings is 1. The third-order valence-electron chi connectivity index (χ3n) is 5.36. The number of anilines is 1. The van der Waals surface area contributed by atoms with Crippen LogP contribution in [0.5, 0.6) is 0 Å². The van der Waals surface area contributed by atoms with Gasteiger partial charge in [0.1, 0.15) is 18.1 Å². The molecule has 1 aromatic carbocycles. The summed E-state index contributed by atoms with van der Waals surface area (Å²) in [6.07, 6.45) is 6.59. The number of hydrogen-bond donors (Lipinski definition) is 0. The molecule has 0 N–H and O–H groups in total. The standard InChI is InChI=1S/C22H20FN7O2/c23-17-3-1-2-4-19(17)29-9-11-30(12-10-29)20(31)14-28-13-18(25-15-28)21-26-22(32-27-21)16-5-7-24-8-6-16/h1-8,13,15H,9-12,14H2. The Bertz CT molecular complexity index is 1220. The van der Waals surface area contributed by atoms with E-state index < -0.39 is 0 Å². The van der Waals surface area contributed by atoms with Crippen LogP contribution in [0.1, 0.15) is 0 Å². The number of carbonyl (C=O) groups excluding carboxylic acids is 1. The monoisotopic (exact) mass is 433 g/mol. The first-order chi connectivity index (χ1) is 15.7. The fraction of sp³-hybridized carbons (Fsp3) is 0.227. The molecular formula is C22H20FN7O2. The van der Waals surface area contributed by atoms with Gasteiger partial charge in [-0.25, -0.2) is 9.37 Å². The van der Waals surface area contributed by atoms with Crippen molar-refractivity contribution < 1.29 is 13.7 Å². The Morgan fingerprint density at radius 3 is 2.62 bits per heavy atom. The molecule has 5 rings (SSSR count). The fourth-order valence-electron chi connectivity index (χ4n) is 3.66. The minimum Gasteiger partial charge on any atom is -0.366 e. The van der Waals surface area contributed by atoms with Crippen molar-refractivity contribution in [2.24, 2.45) is 0 Å². The Morgan fingerprint density at radius 1 is 1.06 bits per heavy atom. The topological polar surface area (TPSA) is 93.2 Å². The van der Waals surface area contributed by atoms with Crippen LogP contribution in [-0.2, 0) is 11.3 Å². The number of pyridine rings is 1. The Hall–Kier alpha value is -4.08. The number of rotatable bonds is 5. The lowest BCUT2D eigenvalue weighted by Gasteiger charge is -2.36. The van der Waals surface area contributed by atoms with Gasteiger partial charge >= 0.3 is 0 Å². The molecule has 0 aliphatic carbocycles. The van der Waals surface area contributed by atoms with Crippen molar-refractivity contribution in [1.82, 2.24) is 29.6 Å². The van der Waals surface area contributed by atoms with E-state index in [0.717, 1.165) is 5.56 Å². The lowest BCUT2D eigenvalue weighted by Crippen LogP contribution is -2.49. The van der Waals surface area contributed by atoms with E-state index in [-0.39, 0.29) is 18.3 Å². The predicted molar refractivity (Wildman–Crippen MR) is 114 cm³/mol. The van der Waals surface area contributed by atoms with Crippen LogP contribution in [0, 0.1) is 5.82 Å². The average molecular weight is 433 g/mol. The van der Waals surface area contributed by atoms with Crippen LogP contribution < -0.4 is 4.90 Å². The van der Waals surface area contributed by atoms with Crippen LogP contribution >= 0.6 is 0 Å². The summed E-state index contributed by atoms with van der Waals surface area (Å²) in [5, 5.41) is 3.98. The highest BCUT2D eigenvalue weighted by Gasteiger charge is 2.23. The summed E-state index contributed by atoms with van der Waals surface area (Å²) >= 11 is 0. The van der Waals surface area contributed by atoms with E-state index in [1.807, 2.05) is 11.0 Å². The molecule has 1 aliphatic heterocycles. The molecule has 0 radical (unpaired) electrons. The van der Waals surface area contributed by atoms with E-state index in [9.17, 15) is 9.18 Å². The molecule has 0 spiro atoms. The van der Waals surface area contributed by atoms with Crippen LogP contribution in [0.2, 0.25) is 0 Å².